The molecule has 5 rings (SSSR count). The Balaban J connectivity index is 1.38. The van der Waals surface area contributed by atoms with Gasteiger partial charge in [0.25, 0.3) is 0 Å². The molecule has 3 aliphatic heterocycles. The van der Waals surface area contributed by atoms with Crippen molar-refractivity contribution in [3.05, 3.63) is 60.2 Å². The van der Waals surface area contributed by atoms with Gasteiger partial charge in [-0.05, 0) is 60.9 Å². The summed E-state index contributed by atoms with van der Waals surface area (Å²) >= 11 is 0. The summed E-state index contributed by atoms with van der Waals surface area (Å²) in [6, 6.07) is 13.6. The van der Waals surface area contributed by atoms with Crippen LogP contribution < -0.4 is 10.1 Å². The van der Waals surface area contributed by atoms with Crippen LogP contribution in [0.4, 0.5) is 9.59 Å². The normalized spacial score (nSPS) is 22.0. The SMILES string of the molecule is COc1ccc(S(=O)(=O)N(C[C@@H](O)[C@H](Cc2ccccc2)N(C(=O)O)[C@H]2CO[C@H]3OCC[C@H]32)CC(C)(C)CCCNC(=O)N2CCOCC2)cc1. The molecule has 2 aromatic rings. The van der Waals surface area contributed by atoms with Crippen LogP contribution in [0.1, 0.15) is 38.7 Å². The predicted molar refractivity (Wildman–Crippen MR) is 188 cm³/mol. The smallest absolute Gasteiger partial charge is 0.407 e. The molecule has 0 saturated carbocycles. The van der Waals surface area contributed by atoms with E-state index < -0.39 is 46.0 Å². The van der Waals surface area contributed by atoms with E-state index in [2.05, 4.69) is 5.32 Å². The Labute approximate surface area is 300 Å². The van der Waals surface area contributed by atoms with Gasteiger partial charge in [-0.3, -0.25) is 4.90 Å². The number of aliphatic hydroxyl groups is 1. The van der Waals surface area contributed by atoms with Crippen LogP contribution in [0.5, 0.6) is 5.75 Å². The zero-order chi connectivity index (χ0) is 36.6. The number of rotatable bonds is 16. The number of hydrogen-bond acceptors (Lipinski definition) is 9. The Morgan fingerprint density at radius 1 is 1.06 bits per heavy atom. The van der Waals surface area contributed by atoms with E-state index >= 15 is 0 Å². The lowest BCUT2D eigenvalue weighted by molar-refractivity contribution is -0.0906. The third-order valence-electron chi connectivity index (χ3n) is 9.97. The van der Waals surface area contributed by atoms with E-state index in [4.69, 9.17) is 18.9 Å². The zero-order valence-electron chi connectivity index (χ0n) is 29.7. The molecule has 3 amide bonds. The van der Waals surface area contributed by atoms with Crippen LogP contribution in [-0.4, -0.2) is 136 Å². The number of nitrogens with zero attached hydrogens (tertiary/aromatic N) is 3. The van der Waals surface area contributed by atoms with E-state index in [-0.39, 0.29) is 43.0 Å². The maximum atomic E-state index is 14.4. The number of amides is 3. The summed E-state index contributed by atoms with van der Waals surface area (Å²) in [6.45, 7) is 6.62. The topological polar surface area (TPSA) is 167 Å². The first kappa shape index (κ1) is 38.8. The molecule has 282 valence electrons. The molecule has 5 atom stereocenters. The second-order valence-corrected chi connectivity index (χ2v) is 16.1. The van der Waals surface area contributed by atoms with Gasteiger partial charge < -0.3 is 39.4 Å². The number of carbonyl (C=O) groups is 2. The molecular weight excluding hydrogens is 680 g/mol. The van der Waals surface area contributed by atoms with Gasteiger partial charge in [0.15, 0.2) is 6.29 Å². The average molecular weight is 733 g/mol. The summed E-state index contributed by atoms with van der Waals surface area (Å²) in [4.78, 5) is 28.6. The fourth-order valence-corrected chi connectivity index (χ4v) is 8.85. The minimum atomic E-state index is -4.18. The molecule has 3 N–H and O–H groups in total. The highest BCUT2D eigenvalue weighted by atomic mass is 32.2. The Morgan fingerprint density at radius 2 is 1.76 bits per heavy atom. The Bertz CT molecular complexity index is 1540. The molecule has 0 spiro atoms. The number of methoxy groups -OCH3 is 1. The van der Waals surface area contributed by atoms with Crippen molar-refractivity contribution in [2.24, 2.45) is 11.3 Å². The summed E-state index contributed by atoms with van der Waals surface area (Å²) in [5, 5.41) is 25.7. The first-order chi connectivity index (χ1) is 24.4. The van der Waals surface area contributed by atoms with Crippen molar-refractivity contribution in [3.8, 4) is 5.75 Å². The highest BCUT2D eigenvalue weighted by Crippen LogP contribution is 2.36. The molecule has 51 heavy (non-hydrogen) atoms. The van der Waals surface area contributed by atoms with Crippen molar-refractivity contribution in [1.29, 1.82) is 0 Å². The van der Waals surface area contributed by atoms with Gasteiger partial charge in [-0.2, -0.15) is 4.31 Å². The highest BCUT2D eigenvalue weighted by Gasteiger charge is 2.49. The number of sulfonamides is 1. The molecule has 2 aromatic carbocycles. The standard InChI is InChI=1S/C36H52N4O10S/c1-36(2,15-7-16-37-34(42)38-17-20-48-21-18-38)25-39(51(45,46)28-12-10-27(47-3)11-13-28)23-32(41)30(22-26-8-5-4-6-9-26)40(35(43)44)31-24-50-33-29(31)14-19-49-33/h4-6,8-13,29-33,41H,7,14-25H2,1-3H3,(H,37,42)(H,43,44)/t29-,30-,31-,32+,33+/m0/s1. The molecule has 0 radical (unpaired) electrons. The molecule has 14 nitrogen and oxygen atoms in total. The van der Waals surface area contributed by atoms with Crippen LogP contribution in [0, 0.1) is 11.3 Å². The van der Waals surface area contributed by atoms with Gasteiger partial charge in [-0.25, -0.2) is 18.0 Å². The number of carbonyl (C=O) groups excluding carboxylic acids is 1. The Morgan fingerprint density at radius 3 is 2.43 bits per heavy atom. The van der Waals surface area contributed by atoms with Gasteiger partial charge in [0.1, 0.15) is 5.75 Å². The van der Waals surface area contributed by atoms with Gasteiger partial charge in [0, 0.05) is 38.6 Å². The average Bonchev–Trinajstić information content (AvgIpc) is 3.75. The van der Waals surface area contributed by atoms with Gasteiger partial charge in [0.05, 0.1) is 56.6 Å². The Kier molecular flexibility index (Phi) is 13.2. The largest absolute Gasteiger partial charge is 0.497 e. The van der Waals surface area contributed by atoms with Crippen molar-refractivity contribution in [2.75, 3.05) is 66.3 Å². The van der Waals surface area contributed by atoms with Crippen LogP contribution >= 0.6 is 0 Å². The molecule has 3 saturated heterocycles. The van der Waals surface area contributed by atoms with Gasteiger partial charge in [-0.1, -0.05) is 44.2 Å². The summed E-state index contributed by atoms with van der Waals surface area (Å²) in [5.74, 6) is 0.293. The van der Waals surface area contributed by atoms with Crippen molar-refractivity contribution >= 4 is 22.1 Å². The number of ether oxygens (including phenoxy) is 4. The minimum absolute atomic E-state index is 0.0221. The quantitative estimate of drug-likeness (QED) is 0.218. The van der Waals surface area contributed by atoms with E-state index in [1.807, 2.05) is 44.2 Å². The lowest BCUT2D eigenvalue weighted by atomic mass is 9.87. The van der Waals surface area contributed by atoms with E-state index in [1.54, 1.807) is 17.0 Å². The maximum absolute atomic E-state index is 14.4. The van der Waals surface area contributed by atoms with Crippen molar-refractivity contribution < 1.29 is 47.2 Å². The number of carboxylic acid groups (broad SMARTS) is 1. The van der Waals surface area contributed by atoms with Crippen LogP contribution in [0.15, 0.2) is 59.5 Å². The summed E-state index contributed by atoms with van der Waals surface area (Å²) < 4.78 is 52.1. The number of nitrogens with one attached hydrogen (secondary N) is 1. The zero-order valence-corrected chi connectivity index (χ0v) is 30.5. The van der Waals surface area contributed by atoms with Crippen LogP contribution in [-0.2, 0) is 30.7 Å². The van der Waals surface area contributed by atoms with Crippen LogP contribution in [0.3, 0.4) is 0 Å². The third kappa shape index (κ3) is 9.90. The molecule has 3 fully saturated rings. The van der Waals surface area contributed by atoms with E-state index in [0.717, 1.165) is 5.56 Å². The number of urea groups is 1. The second-order valence-electron chi connectivity index (χ2n) is 14.2. The fraction of sp³-hybridized carbons (Fsp3) is 0.611. The minimum Gasteiger partial charge on any atom is -0.497 e. The van der Waals surface area contributed by atoms with Crippen molar-refractivity contribution in [3.63, 3.8) is 0 Å². The summed E-state index contributed by atoms with van der Waals surface area (Å²) in [7, 11) is -2.69. The molecule has 0 bridgehead atoms. The highest BCUT2D eigenvalue weighted by molar-refractivity contribution is 7.89. The lowest BCUT2D eigenvalue weighted by Crippen LogP contribution is -2.58. The van der Waals surface area contributed by atoms with Crippen LogP contribution in [0.2, 0.25) is 0 Å². The van der Waals surface area contributed by atoms with Crippen molar-refractivity contribution in [1.82, 2.24) is 19.4 Å². The monoisotopic (exact) mass is 732 g/mol. The number of aliphatic hydroxyl groups excluding tert-OH is 1. The van der Waals surface area contributed by atoms with Gasteiger partial charge in [0.2, 0.25) is 10.0 Å². The molecule has 15 heteroatoms. The molecular formula is C36H52N4O10S. The number of hydrogen-bond donors (Lipinski definition) is 3. The van der Waals surface area contributed by atoms with Gasteiger partial charge in [-0.15, -0.1) is 0 Å². The van der Waals surface area contributed by atoms with Gasteiger partial charge >= 0.3 is 12.1 Å². The maximum Gasteiger partial charge on any atom is 0.407 e. The molecule has 0 aromatic heterocycles. The number of fused-ring (bicyclic) bond motifs is 1. The number of morpholine rings is 1. The Hall–Kier alpha value is -3.47. The van der Waals surface area contributed by atoms with E-state index in [0.29, 0.717) is 64.5 Å². The second kappa shape index (κ2) is 17.4. The van der Waals surface area contributed by atoms with E-state index in [1.165, 1.54) is 28.4 Å². The number of benzene rings is 2. The summed E-state index contributed by atoms with van der Waals surface area (Å²) in [6.07, 6.45) is -1.20. The fourth-order valence-electron chi connectivity index (χ4n) is 7.21. The molecule has 3 heterocycles. The summed E-state index contributed by atoms with van der Waals surface area (Å²) in [5.41, 5.74) is 0.216. The predicted octanol–water partition coefficient (Wildman–Crippen LogP) is 3.25. The van der Waals surface area contributed by atoms with E-state index in [9.17, 15) is 28.2 Å². The van der Waals surface area contributed by atoms with Crippen LogP contribution in [0.25, 0.3) is 0 Å². The lowest BCUT2D eigenvalue weighted by Gasteiger charge is -2.40. The third-order valence-corrected chi connectivity index (χ3v) is 11.8. The van der Waals surface area contributed by atoms with Crippen molar-refractivity contribution in [2.45, 2.75) is 68.9 Å². The first-order valence-corrected chi connectivity index (χ1v) is 19.0. The molecule has 0 aliphatic carbocycles. The first-order valence-electron chi connectivity index (χ1n) is 17.6. The molecule has 3 aliphatic rings. The molecule has 0 unspecified atom stereocenters.